The summed E-state index contributed by atoms with van der Waals surface area (Å²) in [5, 5.41) is 2.89. The molecule has 1 fully saturated rings. The van der Waals surface area contributed by atoms with Gasteiger partial charge in [0.1, 0.15) is 6.26 Å². The second-order valence-corrected chi connectivity index (χ2v) is 7.42. The zero-order chi connectivity index (χ0) is 19.3. The summed E-state index contributed by atoms with van der Waals surface area (Å²) in [5.41, 5.74) is 3.94. The molecule has 28 heavy (non-hydrogen) atoms. The van der Waals surface area contributed by atoms with Gasteiger partial charge in [-0.05, 0) is 30.9 Å². The molecule has 1 aliphatic carbocycles. The summed E-state index contributed by atoms with van der Waals surface area (Å²) in [7, 11) is 0. The van der Waals surface area contributed by atoms with Gasteiger partial charge >= 0.3 is 0 Å². The van der Waals surface area contributed by atoms with Crippen molar-refractivity contribution in [1.82, 2.24) is 15.2 Å². The van der Waals surface area contributed by atoms with Crippen molar-refractivity contribution in [3.05, 3.63) is 89.1 Å². The molecule has 0 saturated heterocycles. The minimum absolute atomic E-state index is 0.212. The van der Waals surface area contributed by atoms with Gasteiger partial charge in [-0.25, -0.2) is 4.98 Å². The molecule has 1 amide bonds. The van der Waals surface area contributed by atoms with Crippen LogP contribution in [0.5, 0.6) is 0 Å². The lowest BCUT2D eigenvalue weighted by molar-refractivity contribution is 0.0945. The minimum atomic E-state index is -0.212. The van der Waals surface area contributed by atoms with Crippen LogP contribution in [0.3, 0.4) is 0 Å². The van der Waals surface area contributed by atoms with Gasteiger partial charge in [0, 0.05) is 19.1 Å². The summed E-state index contributed by atoms with van der Waals surface area (Å²) in [6, 6.07) is 19.0. The molecule has 2 aromatic carbocycles. The molecule has 1 heterocycles. The minimum Gasteiger partial charge on any atom is -0.447 e. The summed E-state index contributed by atoms with van der Waals surface area (Å²) < 4.78 is 5.59. The van der Waals surface area contributed by atoms with E-state index in [0.29, 0.717) is 30.7 Å². The van der Waals surface area contributed by atoms with Gasteiger partial charge in [-0.3, -0.25) is 9.69 Å². The smallest absolute Gasteiger partial charge is 0.273 e. The van der Waals surface area contributed by atoms with Crippen LogP contribution in [0.25, 0.3) is 0 Å². The van der Waals surface area contributed by atoms with Crippen molar-refractivity contribution in [1.29, 1.82) is 0 Å². The van der Waals surface area contributed by atoms with Crippen molar-refractivity contribution in [3.8, 4) is 0 Å². The average molecular weight is 375 g/mol. The predicted octanol–water partition coefficient (Wildman–Crippen LogP) is 4.08. The van der Waals surface area contributed by atoms with E-state index in [1.54, 1.807) is 0 Å². The van der Waals surface area contributed by atoms with Crippen LogP contribution in [0.4, 0.5) is 0 Å². The number of carbonyl (C=O) groups is 1. The summed E-state index contributed by atoms with van der Waals surface area (Å²) in [4.78, 5) is 19.1. The first-order valence-corrected chi connectivity index (χ1v) is 9.73. The maximum atomic E-state index is 12.3. The molecule has 1 saturated carbocycles. The third-order valence-electron chi connectivity index (χ3n) is 4.95. The van der Waals surface area contributed by atoms with Crippen LogP contribution in [-0.2, 0) is 19.6 Å². The molecular formula is C23H25N3O2. The Morgan fingerprint density at radius 2 is 1.89 bits per heavy atom. The first-order valence-electron chi connectivity index (χ1n) is 9.73. The van der Waals surface area contributed by atoms with Crippen LogP contribution >= 0.6 is 0 Å². The number of hydrogen-bond acceptors (Lipinski definition) is 4. The lowest BCUT2D eigenvalue weighted by atomic mass is 10.1. The fourth-order valence-electron chi connectivity index (χ4n) is 3.33. The van der Waals surface area contributed by atoms with Gasteiger partial charge < -0.3 is 9.73 Å². The molecule has 1 aliphatic rings. The van der Waals surface area contributed by atoms with Crippen LogP contribution < -0.4 is 5.32 Å². The molecule has 1 aromatic heterocycles. The average Bonchev–Trinajstić information content (AvgIpc) is 3.45. The number of aromatic nitrogens is 1. The van der Waals surface area contributed by atoms with E-state index in [9.17, 15) is 4.79 Å². The van der Waals surface area contributed by atoms with Crippen LogP contribution in [-0.4, -0.2) is 21.8 Å². The topological polar surface area (TPSA) is 58.4 Å². The van der Waals surface area contributed by atoms with Crippen molar-refractivity contribution in [3.63, 3.8) is 0 Å². The number of carbonyl (C=O) groups excluding carboxylic acids is 1. The van der Waals surface area contributed by atoms with Gasteiger partial charge in [0.15, 0.2) is 5.69 Å². The zero-order valence-electron chi connectivity index (χ0n) is 16.1. The van der Waals surface area contributed by atoms with Crippen molar-refractivity contribution in [2.75, 3.05) is 0 Å². The molecule has 4 rings (SSSR count). The van der Waals surface area contributed by atoms with Gasteiger partial charge in [-0.2, -0.15) is 0 Å². The van der Waals surface area contributed by atoms with E-state index in [0.717, 1.165) is 12.1 Å². The highest BCUT2D eigenvalue weighted by molar-refractivity contribution is 5.91. The highest BCUT2D eigenvalue weighted by Crippen LogP contribution is 2.29. The Bertz CT molecular complexity index is 932. The van der Waals surface area contributed by atoms with Crippen LogP contribution in [0.1, 0.15) is 45.9 Å². The first kappa shape index (κ1) is 18.4. The number of hydrogen-bond donors (Lipinski definition) is 1. The molecule has 144 valence electrons. The van der Waals surface area contributed by atoms with Crippen LogP contribution in [0, 0.1) is 6.92 Å². The number of oxazole rings is 1. The van der Waals surface area contributed by atoms with Gasteiger partial charge in [-0.15, -0.1) is 0 Å². The third-order valence-corrected chi connectivity index (χ3v) is 4.95. The van der Waals surface area contributed by atoms with Crippen molar-refractivity contribution >= 4 is 5.91 Å². The molecular weight excluding hydrogens is 350 g/mol. The Labute approximate surface area is 165 Å². The monoisotopic (exact) mass is 375 g/mol. The van der Waals surface area contributed by atoms with Gasteiger partial charge in [0.05, 0.1) is 6.54 Å². The third kappa shape index (κ3) is 4.87. The molecule has 3 aromatic rings. The lowest BCUT2D eigenvalue weighted by Gasteiger charge is -2.20. The van der Waals surface area contributed by atoms with Crippen LogP contribution in [0.2, 0.25) is 0 Å². The first-order chi connectivity index (χ1) is 13.7. The molecule has 0 aliphatic heterocycles. The maximum Gasteiger partial charge on any atom is 0.273 e. The largest absolute Gasteiger partial charge is 0.447 e. The van der Waals surface area contributed by atoms with E-state index in [1.165, 1.54) is 30.2 Å². The number of nitrogens with zero attached hydrogens (tertiary/aromatic N) is 2. The van der Waals surface area contributed by atoms with E-state index in [1.807, 2.05) is 30.3 Å². The lowest BCUT2D eigenvalue weighted by Crippen LogP contribution is -2.26. The molecule has 0 bridgehead atoms. The van der Waals surface area contributed by atoms with Gasteiger partial charge in [0.25, 0.3) is 5.91 Å². The molecule has 5 heteroatoms. The standard InChI is InChI=1S/C23H25N3O2/c1-17-6-5-9-19(12-17)14-26(20-10-11-20)15-22-25-21(16-28-22)23(27)24-13-18-7-3-2-4-8-18/h2-9,12,16,20H,10-11,13-15H2,1H3,(H,24,27). The van der Waals surface area contributed by atoms with Gasteiger partial charge in [0.2, 0.25) is 5.89 Å². The number of rotatable bonds is 8. The highest BCUT2D eigenvalue weighted by Gasteiger charge is 2.30. The second kappa shape index (κ2) is 8.40. The SMILES string of the molecule is Cc1cccc(CN(Cc2nc(C(=O)NCc3ccccc3)co2)C2CC2)c1. The van der Waals surface area contributed by atoms with Crippen LogP contribution in [0.15, 0.2) is 65.3 Å². The Hall–Kier alpha value is -2.92. The quantitative estimate of drug-likeness (QED) is 0.645. The number of amides is 1. The van der Waals surface area contributed by atoms with Gasteiger partial charge in [-0.1, -0.05) is 60.2 Å². The van der Waals surface area contributed by atoms with E-state index in [2.05, 4.69) is 46.4 Å². The number of benzene rings is 2. The van der Waals surface area contributed by atoms with Crippen molar-refractivity contribution < 1.29 is 9.21 Å². The Balaban J connectivity index is 1.36. The summed E-state index contributed by atoms with van der Waals surface area (Å²) >= 11 is 0. The molecule has 0 spiro atoms. The summed E-state index contributed by atoms with van der Waals surface area (Å²) in [5.74, 6) is 0.375. The van der Waals surface area contributed by atoms with Crippen molar-refractivity contribution in [2.24, 2.45) is 0 Å². The predicted molar refractivity (Wildman–Crippen MR) is 108 cm³/mol. The van der Waals surface area contributed by atoms with E-state index >= 15 is 0 Å². The van der Waals surface area contributed by atoms with E-state index in [4.69, 9.17) is 4.42 Å². The molecule has 5 nitrogen and oxygen atoms in total. The number of aryl methyl sites for hydroxylation is 1. The summed E-state index contributed by atoms with van der Waals surface area (Å²) in [6.45, 7) is 4.07. The molecule has 0 atom stereocenters. The fraction of sp³-hybridized carbons (Fsp3) is 0.304. The fourth-order valence-corrected chi connectivity index (χ4v) is 3.33. The Kier molecular flexibility index (Phi) is 5.53. The molecule has 0 unspecified atom stereocenters. The normalized spacial score (nSPS) is 13.6. The zero-order valence-corrected chi connectivity index (χ0v) is 16.1. The van der Waals surface area contributed by atoms with E-state index < -0.39 is 0 Å². The van der Waals surface area contributed by atoms with E-state index in [-0.39, 0.29) is 5.91 Å². The highest BCUT2D eigenvalue weighted by atomic mass is 16.3. The number of nitrogens with one attached hydrogen (secondary N) is 1. The Morgan fingerprint density at radius 3 is 2.64 bits per heavy atom. The maximum absolute atomic E-state index is 12.3. The van der Waals surface area contributed by atoms with Crippen molar-refractivity contribution in [2.45, 2.75) is 45.4 Å². The summed E-state index contributed by atoms with van der Waals surface area (Å²) in [6.07, 6.45) is 3.86. The second-order valence-electron chi connectivity index (χ2n) is 7.42. The molecule has 0 radical (unpaired) electrons. The molecule has 1 N–H and O–H groups in total. The Morgan fingerprint density at radius 1 is 1.11 bits per heavy atom.